The molecule has 7 atom stereocenters. The molecule has 0 bridgehead atoms. The van der Waals surface area contributed by atoms with Crippen LogP contribution in [0.3, 0.4) is 0 Å². The molecule has 0 amide bonds. The molecule has 1 saturated heterocycles. The summed E-state index contributed by atoms with van der Waals surface area (Å²) in [5.41, 5.74) is 12.9. The summed E-state index contributed by atoms with van der Waals surface area (Å²) in [6.07, 6.45) is 15.1. The van der Waals surface area contributed by atoms with E-state index >= 15 is 0 Å². The third kappa shape index (κ3) is 3.05. The molecule has 4 rings (SSSR count). The van der Waals surface area contributed by atoms with Crippen LogP contribution in [0, 0.1) is 23.7 Å². The molecule has 0 spiro atoms. The van der Waals surface area contributed by atoms with Gasteiger partial charge in [0.05, 0.1) is 0 Å². The van der Waals surface area contributed by atoms with Crippen LogP contribution in [-0.4, -0.2) is 35.6 Å². The second-order valence-corrected chi connectivity index (χ2v) is 9.42. The highest BCUT2D eigenvalue weighted by atomic mass is 15.2. The molecule has 1 heterocycles. The van der Waals surface area contributed by atoms with E-state index in [-0.39, 0.29) is 0 Å². The number of hydrogen-bond donors (Lipinski definition) is 2. The Morgan fingerprint density at radius 1 is 0.750 bits per heavy atom. The van der Waals surface area contributed by atoms with Gasteiger partial charge in [0, 0.05) is 24.2 Å². The van der Waals surface area contributed by atoms with E-state index < -0.39 is 0 Å². The Hall–Kier alpha value is -0.120. The van der Waals surface area contributed by atoms with Crippen LogP contribution in [0.25, 0.3) is 0 Å². The molecule has 3 nitrogen and oxygen atoms in total. The molecular weight excluding hydrogens is 294 g/mol. The summed E-state index contributed by atoms with van der Waals surface area (Å²) in [4.78, 5) is 2.94. The van der Waals surface area contributed by atoms with Gasteiger partial charge in [-0.1, -0.05) is 26.2 Å². The number of nitrogens with two attached hydrogens (primary N) is 2. The van der Waals surface area contributed by atoms with Crippen molar-refractivity contribution in [3.05, 3.63) is 0 Å². The lowest BCUT2D eigenvalue weighted by molar-refractivity contribution is -0.105. The lowest BCUT2D eigenvalue weighted by atomic mass is 9.56. The van der Waals surface area contributed by atoms with Gasteiger partial charge in [-0.3, -0.25) is 4.90 Å². The van der Waals surface area contributed by atoms with Gasteiger partial charge >= 0.3 is 0 Å². The molecule has 3 saturated carbocycles. The van der Waals surface area contributed by atoms with Crippen molar-refractivity contribution < 1.29 is 0 Å². The van der Waals surface area contributed by atoms with Gasteiger partial charge in [-0.25, -0.2) is 0 Å². The second kappa shape index (κ2) is 7.25. The third-order valence-electron chi connectivity index (χ3n) is 8.20. The van der Waals surface area contributed by atoms with Crippen LogP contribution in [0.4, 0.5) is 0 Å². The summed E-state index contributed by atoms with van der Waals surface area (Å²) in [5.74, 6) is 3.64. The molecule has 7 unspecified atom stereocenters. The molecule has 24 heavy (non-hydrogen) atoms. The predicted octanol–water partition coefficient (Wildman–Crippen LogP) is 3.51. The average Bonchev–Trinajstić information content (AvgIpc) is 2.61. The lowest BCUT2D eigenvalue weighted by Gasteiger charge is -2.60. The first-order valence-electron chi connectivity index (χ1n) is 11.0. The number of nitrogens with zero attached hydrogens (tertiary/aromatic N) is 1. The summed E-state index contributed by atoms with van der Waals surface area (Å²) in [7, 11) is 0. The fourth-order valence-electron chi connectivity index (χ4n) is 7.28. The van der Waals surface area contributed by atoms with Crippen molar-refractivity contribution in [1.82, 2.24) is 4.90 Å². The standard InChI is InChI=1S/C21H39N3/c1-2-24-20-13-16(23)9-11-18(20)17-10-8-15(22)12-19(17)21(24)14-6-4-3-5-7-14/h14-21H,2-13,22-23H2,1H3. The van der Waals surface area contributed by atoms with Crippen molar-refractivity contribution in [2.75, 3.05) is 6.54 Å². The van der Waals surface area contributed by atoms with Crippen molar-refractivity contribution in [2.24, 2.45) is 35.1 Å². The Bertz CT molecular complexity index is 419. The first-order valence-corrected chi connectivity index (χ1v) is 11.0. The van der Waals surface area contributed by atoms with E-state index in [1.807, 2.05) is 0 Å². The number of hydrogen-bond acceptors (Lipinski definition) is 3. The van der Waals surface area contributed by atoms with Crippen LogP contribution in [0.2, 0.25) is 0 Å². The normalized spacial score (nSPS) is 47.9. The average molecular weight is 334 g/mol. The van der Waals surface area contributed by atoms with Gasteiger partial charge < -0.3 is 11.5 Å². The molecule has 0 aromatic rings. The van der Waals surface area contributed by atoms with Gasteiger partial charge in [-0.05, 0) is 81.6 Å². The summed E-state index contributed by atoms with van der Waals surface area (Å²) < 4.78 is 0. The Balaban J connectivity index is 1.65. The summed E-state index contributed by atoms with van der Waals surface area (Å²) in [6, 6.07) is 2.47. The molecule has 138 valence electrons. The van der Waals surface area contributed by atoms with Gasteiger partial charge in [0.15, 0.2) is 0 Å². The molecule has 3 heteroatoms. The predicted molar refractivity (Wildman–Crippen MR) is 101 cm³/mol. The molecule has 0 aromatic carbocycles. The quantitative estimate of drug-likeness (QED) is 0.813. The topological polar surface area (TPSA) is 55.3 Å². The molecular formula is C21H39N3. The van der Waals surface area contributed by atoms with Crippen molar-refractivity contribution >= 4 is 0 Å². The maximum absolute atomic E-state index is 6.47. The Morgan fingerprint density at radius 2 is 1.42 bits per heavy atom. The van der Waals surface area contributed by atoms with E-state index in [1.165, 1.54) is 77.2 Å². The van der Waals surface area contributed by atoms with Crippen LogP contribution < -0.4 is 11.5 Å². The van der Waals surface area contributed by atoms with Gasteiger partial charge in [0.25, 0.3) is 0 Å². The van der Waals surface area contributed by atoms with E-state index in [0.717, 1.165) is 35.8 Å². The van der Waals surface area contributed by atoms with Crippen LogP contribution in [0.5, 0.6) is 0 Å². The van der Waals surface area contributed by atoms with Crippen LogP contribution in [0.1, 0.15) is 77.6 Å². The number of likely N-dealkylation sites (tertiary alicyclic amines) is 1. The van der Waals surface area contributed by atoms with Crippen LogP contribution in [0.15, 0.2) is 0 Å². The van der Waals surface area contributed by atoms with E-state index in [9.17, 15) is 0 Å². The highest BCUT2D eigenvalue weighted by Crippen LogP contribution is 2.52. The van der Waals surface area contributed by atoms with Crippen molar-refractivity contribution in [2.45, 2.75) is 102 Å². The fraction of sp³-hybridized carbons (Fsp3) is 1.00. The summed E-state index contributed by atoms with van der Waals surface area (Å²) in [6.45, 7) is 3.61. The van der Waals surface area contributed by atoms with E-state index in [4.69, 9.17) is 11.5 Å². The Kier molecular flexibility index (Phi) is 5.22. The fourth-order valence-corrected chi connectivity index (χ4v) is 7.28. The molecule has 4 aliphatic rings. The minimum absolute atomic E-state index is 0.440. The molecule has 3 aliphatic carbocycles. The highest BCUT2D eigenvalue weighted by molar-refractivity contribution is 5.06. The zero-order chi connectivity index (χ0) is 16.7. The molecule has 1 aliphatic heterocycles. The third-order valence-corrected chi connectivity index (χ3v) is 8.20. The smallest absolute Gasteiger partial charge is 0.0158 e. The first kappa shape index (κ1) is 17.3. The number of fused-ring (bicyclic) bond motifs is 3. The monoisotopic (exact) mass is 333 g/mol. The molecule has 0 radical (unpaired) electrons. The van der Waals surface area contributed by atoms with E-state index in [0.29, 0.717) is 12.1 Å². The maximum Gasteiger partial charge on any atom is 0.0158 e. The molecule has 4 fully saturated rings. The van der Waals surface area contributed by atoms with E-state index in [2.05, 4.69) is 11.8 Å². The zero-order valence-electron chi connectivity index (χ0n) is 15.7. The minimum Gasteiger partial charge on any atom is -0.328 e. The zero-order valence-corrected chi connectivity index (χ0v) is 15.7. The molecule has 0 aromatic heterocycles. The SMILES string of the molecule is CCN1C2CC(N)CCC2C2CCC(N)CC2C1C1CCCCC1. The molecule has 4 N–H and O–H groups in total. The van der Waals surface area contributed by atoms with Crippen molar-refractivity contribution in [3.63, 3.8) is 0 Å². The Labute approximate surface area is 148 Å². The maximum atomic E-state index is 6.47. The minimum atomic E-state index is 0.440. The van der Waals surface area contributed by atoms with Gasteiger partial charge in [0.1, 0.15) is 0 Å². The summed E-state index contributed by atoms with van der Waals surface area (Å²) in [5, 5.41) is 0. The number of piperidine rings is 1. The largest absolute Gasteiger partial charge is 0.328 e. The van der Waals surface area contributed by atoms with E-state index in [1.54, 1.807) is 0 Å². The first-order chi connectivity index (χ1) is 11.7. The highest BCUT2D eigenvalue weighted by Gasteiger charge is 2.52. The Morgan fingerprint density at radius 3 is 2.12 bits per heavy atom. The van der Waals surface area contributed by atoms with Crippen molar-refractivity contribution in [3.8, 4) is 0 Å². The van der Waals surface area contributed by atoms with Crippen LogP contribution in [-0.2, 0) is 0 Å². The van der Waals surface area contributed by atoms with Gasteiger partial charge in [-0.15, -0.1) is 0 Å². The lowest BCUT2D eigenvalue weighted by Crippen LogP contribution is -2.65. The van der Waals surface area contributed by atoms with Crippen molar-refractivity contribution in [1.29, 1.82) is 0 Å². The van der Waals surface area contributed by atoms with Crippen LogP contribution >= 0.6 is 0 Å². The number of rotatable bonds is 2. The second-order valence-electron chi connectivity index (χ2n) is 9.42. The van der Waals surface area contributed by atoms with Gasteiger partial charge in [-0.2, -0.15) is 0 Å². The summed E-state index contributed by atoms with van der Waals surface area (Å²) >= 11 is 0. The van der Waals surface area contributed by atoms with Gasteiger partial charge in [0.2, 0.25) is 0 Å².